The molecule has 0 aliphatic heterocycles. The summed E-state index contributed by atoms with van der Waals surface area (Å²) >= 11 is 3.28. The van der Waals surface area contributed by atoms with Gasteiger partial charge in [0.2, 0.25) is 0 Å². The molecule has 5 nitrogen and oxygen atoms in total. The summed E-state index contributed by atoms with van der Waals surface area (Å²) in [6, 6.07) is 16.6. The second kappa shape index (κ2) is 7.46. The summed E-state index contributed by atoms with van der Waals surface area (Å²) in [5.41, 5.74) is 3.18. The molecule has 3 rings (SSSR count). The zero-order valence-electron chi connectivity index (χ0n) is 14.3. The standard InChI is InChI=1S/C20H16BrN3O2/c1-12-7-13(2)9-16(8-12)26-17-10-18(24-20(25)19(17)21)23-15-5-3-14(11-22)4-6-15/h3-10H,1-2H3,(H2,23,24,25). The lowest BCUT2D eigenvalue weighted by Crippen LogP contribution is -2.10. The summed E-state index contributed by atoms with van der Waals surface area (Å²) in [4.78, 5) is 15.0. The van der Waals surface area contributed by atoms with Gasteiger partial charge in [-0.1, -0.05) is 6.07 Å². The van der Waals surface area contributed by atoms with Gasteiger partial charge < -0.3 is 15.0 Å². The van der Waals surface area contributed by atoms with Crippen LogP contribution in [0.4, 0.5) is 11.5 Å². The number of benzene rings is 2. The van der Waals surface area contributed by atoms with Crippen molar-refractivity contribution in [3.8, 4) is 17.6 Å². The van der Waals surface area contributed by atoms with Gasteiger partial charge in [-0.25, -0.2) is 0 Å². The van der Waals surface area contributed by atoms with E-state index in [9.17, 15) is 4.79 Å². The number of aromatic amines is 1. The molecule has 0 radical (unpaired) electrons. The van der Waals surface area contributed by atoms with Crippen molar-refractivity contribution in [3.05, 3.63) is 80.0 Å². The van der Waals surface area contributed by atoms with Crippen LogP contribution in [0.2, 0.25) is 0 Å². The van der Waals surface area contributed by atoms with E-state index < -0.39 is 0 Å². The molecule has 0 bridgehead atoms. The van der Waals surface area contributed by atoms with Gasteiger partial charge in [-0.05, 0) is 77.3 Å². The minimum atomic E-state index is -0.303. The van der Waals surface area contributed by atoms with E-state index in [1.165, 1.54) is 0 Å². The van der Waals surface area contributed by atoms with Gasteiger partial charge in [0.1, 0.15) is 16.0 Å². The Hall–Kier alpha value is -3.04. The predicted molar refractivity (Wildman–Crippen MR) is 105 cm³/mol. The van der Waals surface area contributed by atoms with Crippen LogP contribution in [0.3, 0.4) is 0 Å². The van der Waals surface area contributed by atoms with Crippen LogP contribution < -0.4 is 15.6 Å². The molecule has 0 amide bonds. The molecule has 3 aromatic rings. The fraction of sp³-hybridized carbons (Fsp3) is 0.100. The van der Waals surface area contributed by atoms with Crippen molar-refractivity contribution in [3.63, 3.8) is 0 Å². The van der Waals surface area contributed by atoms with Crippen LogP contribution in [0.1, 0.15) is 16.7 Å². The van der Waals surface area contributed by atoms with Gasteiger partial charge in [0.05, 0.1) is 11.6 Å². The van der Waals surface area contributed by atoms with Crippen molar-refractivity contribution in [1.29, 1.82) is 5.26 Å². The lowest BCUT2D eigenvalue weighted by molar-refractivity contribution is 0.477. The van der Waals surface area contributed by atoms with Gasteiger partial charge in [0.15, 0.2) is 5.75 Å². The zero-order chi connectivity index (χ0) is 18.7. The Morgan fingerprint density at radius 1 is 1.08 bits per heavy atom. The molecule has 1 aromatic heterocycles. The normalized spacial score (nSPS) is 10.2. The van der Waals surface area contributed by atoms with Crippen molar-refractivity contribution >= 4 is 27.4 Å². The Labute approximate surface area is 159 Å². The molecule has 0 saturated heterocycles. The molecule has 6 heteroatoms. The SMILES string of the molecule is Cc1cc(C)cc(Oc2cc(Nc3ccc(C#N)cc3)[nH]c(=O)c2Br)c1. The first-order valence-corrected chi connectivity index (χ1v) is 8.70. The first-order valence-electron chi connectivity index (χ1n) is 7.91. The number of nitriles is 1. The molecule has 0 spiro atoms. The maximum atomic E-state index is 12.2. The van der Waals surface area contributed by atoms with E-state index >= 15 is 0 Å². The molecule has 1 heterocycles. The van der Waals surface area contributed by atoms with Crippen LogP contribution in [0.15, 0.2) is 57.8 Å². The third-order valence-electron chi connectivity index (χ3n) is 3.66. The quantitative estimate of drug-likeness (QED) is 0.623. The summed E-state index contributed by atoms with van der Waals surface area (Å²) in [5.74, 6) is 1.57. The Morgan fingerprint density at radius 3 is 2.35 bits per heavy atom. The third-order valence-corrected chi connectivity index (χ3v) is 4.41. The van der Waals surface area contributed by atoms with E-state index in [4.69, 9.17) is 10.00 Å². The van der Waals surface area contributed by atoms with E-state index in [0.717, 1.165) is 16.8 Å². The van der Waals surface area contributed by atoms with Gasteiger partial charge in [0, 0.05) is 11.8 Å². The van der Waals surface area contributed by atoms with Crippen LogP contribution in [-0.4, -0.2) is 4.98 Å². The number of aryl methyl sites for hydroxylation is 2. The number of ether oxygens (including phenoxy) is 1. The molecule has 0 aliphatic rings. The monoisotopic (exact) mass is 409 g/mol. The lowest BCUT2D eigenvalue weighted by Gasteiger charge is -2.12. The van der Waals surface area contributed by atoms with E-state index in [2.05, 4.69) is 38.4 Å². The number of aromatic nitrogens is 1. The number of hydrogen-bond donors (Lipinski definition) is 2. The molecule has 2 N–H and O–H groups in total. The summed E-state index contributed by atoms with van der Waals surface area (Å²) in [7, 11) is 0. The summed E-state index contributed by atoms with van der Waals surface area (Å²) < 4.78 is 6.24. The Balaban J connectivity index is 1.91. The maximum Gasteiger partial charge on any atom is 0.267 e. The maximum absolute atomic E-state index is 12.2. The highest BCUT2D eigenvalue weighted by atomic mass is 79.9. The fourth-order valence-electron chi connectivity index (χ4n) is 2.56. The molecular formula is C20H16BrN3O2. The van der Waals surface area contributed by atoms with Crippen molar-refractivity contribution in [1.82, 2.24) is 4.98 Å². The average Bonchev–Trinajstić information content (AvgIpc) is 2.59. The summed E-state index contributed by atoms with van der Waals surface area (Å²) in [5, 5.41) is 12.0. The highest BCUT2D eigenvalue weighted by Crippen LogP contribution is 2.30. The van der Waals surface area contributed by atoms with Crippen LogP contribution in [0.25, 0.3) is 0 Å². The molecule has 2 aromatic carbocycles. The van der Waals surface area contributed by atoms with E-state index in [1.807, 2.05) is 26.0 Å². The molecule has 130 valence electrons. The molecular weight excluding hydrogens is 394 g/mol. The molecule has 26 heavy (non-hydrogen) atoms. The minimum absolute atomic E-state index is 0.303. The third kappa shape index (κ3) is 4.13. The second-order valence-corrected chi connectivity index (χ2v) is 6.72. The van der Waals surface area contributed by atoms with Gasteiger partial charge in [-0.2, -0.15) is 5.26 Å². The molecule has 0 fully saturated rings. The Kier molecular flexibility index (Phi) is 5.10. The number of rotatable bonds is 4. The molecule has 0 saturated carbocycles. The van der Waals surface area contributed by atoms with Crippen LogP contribution >= 0.6 is 15.9 Å². The topological polar surface area (TPSA) is 77.9 Å². The summed E-state index contributed by atoms with van der Waals surface area (Å²) in [6.45, 7) is 3.98. The number of nitrogens with one attached hydrogen (secondary N) is 2. The van der Waals surface area contributed by atoms with Crippen LogP contribution in [-0.2, 0) is 0 Å². The van der Waals surface area contributed by atoms with Crippen molar-refractivity contribution in [2.24, 2.45) is 0 Å². The predicted octanol–water partition coefficient (Wildman–Crippen LogP) is 5.16. The fourth-order valence-corrected chi connectivity index (χ4v) is 2.86. The number of anilines is 2. The average molecular weight is 410 g/mol. The largest absolute Gasteiger partial charge is 0.456 e. The van der Waals surface area contributed by atoms with E-state index in [-0.39, 0.29) is 5.56 Å². The number of pyridine rings is 1. The highest BCUT2D eigenvalue weighted by molar-refractivity contribution is 9.10. The number of halogens is 1. The molecule has 0 unspecified atom stereocenters. The summed E-state index contributed by atoms with van der Waals surface area (Å²) in [6.07, 6.45) is 0. The van der Waals surface area contributed by atoms with Crippen molar-refractivity contribution < 1.29 is 4.74 Å². The Bertz CT molecular complexity index is 1030. The van der Waals surface area contributed by atoms with Gasteiger partial charge in [-0.3, -0.25) is 4.79 Å². The zero-order valence-corrected chi connectivity index (χ0v) is 15.8. The first-order chi connectivity index (χ1) is 12.4. The Morgan fingerprint density at radius 2 is 1.73 bits per heavy atom. The van der Waals surface area contributed by atoms with Crippen LogP contribution in [0, 0.1) is 25.2 Å². The smallest absolute Gasteiger partial charge is 0.267 e. The minimum Gasteiger partial charge on any atom is -0.456 e. The van der Waals surface area contributed by atoms with E-state index in [0.29, 0.717) is 27.4 Å². The van der Waals surface area contributed by atoms with Gasteiger partial charge in [0.25, 0.3) is 5.56 Å². The first kappa shape index (κ1) is 17.8. The highest BCUT2D eigenvalue weighted by Gasteiger charge is 2.10. The molecule has 0 atom stereocenters. The van der Waals surface area contributed by atoms with Crippen LogP contribution in [0.5, 0.6) is 11.5 Å². The van der Waals surface area contributed by atoms with Crippen molar-refractivity contribution in [2.75, 3.05) is 5.32 Å². The lowest BCUT2D eigenvalue weighted by atomic mass is 10.1. The second-order valence-electron chi connectivity index (χ2n) is 5.93. The van der Waals surface area contributed by atoms with Gasteiger partial charge in [-0.15, -0.1) is 0 Å². The van der Waals surface area contributed by atoms with Crippen molar-refractivity contribution in [2.45, 2.75) is 13.8 Å². The number of H-pyrrole nitrogens is 1. The number of hydrogen-bond acceptors (Lipinski definition) is 4. The van der Waals surface area contributed by atoms with E-state index in [1.54, 1.807) is 30.3 Å². The molecule has 0 aliphatic carbocycles. The number of nitrogens with zero attached hydrogens (tertiary/aromatic N) is 1. The van der Waals surface area contributed by atoms with Gasteiger partial charge >= 0.3 is 0 Å².